The Morgan fingerprint density at radius 1 is 1.05 bits per heavy atom. The second-order valence-electron chi connectivity index (χ2n) is 3.99. The van der Waals surface area contributed by atoms with Crippen LogP contribution in [0.15, 0.2) is 36.4 Å². The van der Waals surface area contributed by atoms with E-state index in [0.29, 0.717) is 17.3 Å². The minimum absolute atomic E-state index is 0.150. The zero-order valence-electron chi connectivity index (χ0n) is 10.1. The van der Waals surface area contributed by atoms with E-state index in [1.807, 2.05) is 18.2 Å². The molecule has 0 heterocycles. The summed E-state index contributed by atoms with van der Waals surface area (Å²) in [5.74, 6) is 0. The molecule has 1 N–H and O–H groups in total. The van der Waals surface area contributed by atoms with E-state index in [1.165, 1.54) is 12.1 Å². The molecule has 2 aromatic carbocycles. The maximum Gasteiger partial charge on any atom is 0.272 e. The van der Waals surface area contributed by atoms with Gasteiger partial charge in [0, 0.05) is 23.7 Å². The van der Waals surface area contributed by atoms with Crippen LogP contribution < -0.4 is 5.32 Å². The van der Waals surface area contributed by atoms with Gasteiger partial charge in [-0.3, -0.25) is 10.1 Å². The van der Waals surface area contributed by atoms with E-state index < -0.39 is 4.92 Å². The second-order valence-corrected chi connectivity index (χ2v) is 5.21. The van der Waals surface area contributed by atoms with E-state index in [2.05, 4.69) is 5.32 Å². The van der Waals surface area contributed by atoms with Crippen LogP contribution in [0, 0.1) is 10.1 Å². The molecule has 7 heteroatoms. The molecule has 0 spiro atoms. The Balaban J connectivity index is 2.22. The molecule has 0 aliphatic carbocycles. The lowest BCUT2D eigenvalue weighted by atomic mass is 10.2. The number of hydrogen-bond acceptors (Lipinski definition) is 3. The highest BCUT2D eigenvalue weighted by Gasteiger charge is 2.14. The number of non-ortho nitro benzene ring substituents is 1. The monoisotopic (exact) mass is 330 g/mol. The molecule has 0 atom stereocenters. The Bertz CT molecular complexity index is 639. The molecule has 0 amide bonds. The highest BCUT2D eigenvalue weighted by molar-refractivity contribution is 6.39. The molecule has 2 rings (SSSR count). The third kappa shape index (κ3) is 3.33. The van der Waals surface area contributed by atoms with Crippen molar-refractivity contribution in [1.29, 1.82) is 0 Å². The molecular weight excluding hydrogens is 323 g/mol. The number of hydrogen-bond donors (Lipinski definition) is 1. The quantitative estimate of drug-likeness (QED) is 0.621. The van der Waals surface area contributed by atoms with Gasteiger partial charge >= 0.3 is 0 Å². The van der Waals surface area contributed by atoms with Crippen molar-refractivity contribution in [3.63, 3.8) is 0 Å². The lowest BCUT2D eigenvalue weighted by Gasteiger charge is -2.11. The Morgan fingerprint density at radius 3 is 2.20 bits per heavy atom. The van der Waals surface area contributed by atoms with Crippen LogP contribution in [0.25, 0.3) is 0 Å². The van der Waals surface area contributed by atoms with E-state index in [4.69, 9.17) is 34.8 Å². The summed E-state index contributed by atoms with van der Waals surface area (Å²) < 4.78 is 0. The third-order valence-corrected chi connectivity index (χ3v) is 3.62. The summed E-state index contributed by atoms with van der Waals surface area (Å²) >= 11 is 18.0. The van der Waals surface area contributed by atoms with Gasteiger partial charge in [-0.25, -0.2) is 0 Å². The first kappa shape index (κ1) is 14.9. The summed E-state index contributed by atoms with van der Waals surface area (Å²) in [6, 6.07) is 9.84. The molecule has 0 aliphatic heterocycles. The molecule has 0 unspecified atom stereocenters. The van der Waals surface area contributed by atoms with Crippen LogP contribution in [0.3, 0.4) is 0 Å². The number of anilines is 1. The molecule has 2 aromatic rings. The summed E-state index contributed by atoms with van der Waals surface area (Å²) in [7, 11) is 0. The van der Waals surface area contributed by atoms with Gasteiger partial charge in [-0.1, -0.05) is 53.0 Å². The number of nitro groups is 1. The van der Waals surface area contributed by atoms with Crippen LogP contribution in [0.2, 0.25) is 15.1 Å². The average molecular weight is 332 g/mol. The molecule has 104 valence electrons. The minimum atomic E-state index is -0.546. The van der Waals surface area contributed by atoms with Crippen molar-refractivity contribution < 1.29 is 4.92 Å². The normalized spacial score (nSPS) is 10.3. The van der Waals surface area contributed by atoms with Crippen molar-refractivity contribution in [2.75, 3.05) is 5.32 Å². The first-order valence-corrected chi connectivity index (χ1v) is 6.73. The number of rotatable bonds is 4. The number of nitrogens with one attached hydrogen (secondary N) is 1. The van der Waals surface area contributed by atoms with Crippen LogP contribution in [0.1, 0.15) is 5.56 Å². The summed E-state index contributed by atoms with van der Waals surface area (Å²) in [6.45, 7) is 0.414. The maximum absolute atomic E-state index is 10.7. The van der Waals surface area contributed by atoms with E-state index >= 15 is 0 Å². The fraction of sp³-hybridized carbons (Fsp3) is 0.0769. The molecule has 4 nitrogen and oxygen atoms in total. The Hall–Kier alpha value is -1.49. The Labute approximate surface area is 130 Å². The summed E-state index contributed by atoms with van der Waals surface area (Å²) in [4.78, 5) is 10.1. The van der Waals surface area contributed by atoms with Gasteiger partial charge in [-0.2, -0.15) is 0 Å². The van der Waals surface area contributed by atoms with Crippen molar-refractivity contribution in [3.05, 3.63) is 67.1 Å². The molecule has 0 aromatic heterocycles. The van der Waals surface area contributed by atoms with Gasteiger partial charge in [0.1, 0.15) is 0 Å². The van der Waals surface area contributed by atoms with E-state index in [1.54, 1.807) is 6.07 Å². The zero-order chi connectivity index (χ0) is 14.7. The van der Waals surface area contributed by atoms with Gasteiger partial charge in [0.05, 0.1) is 20.7 Å². The average Bonchev–Trinajstić information content (AvgIpc) is 2.39. The number of halogens is 3. The van der Waals surface area contributed by atoms with Crippen LogP contribution in [-0.4, -0.2) is 4.92 Å². The largest absolute Gasteiger partial charge is 0.378 e. The third-order valence-electron chi connectivity index (χ3n) is 2.65. The topological polar surface area (TPSA) is 55.2 Å². The molecule has 0 saturated heterocycles. The number of nitrogens with zero attached hydrogens (tertiary/aromatic N) is 1. The van der Waals surface area contributed by atoms with Gasteiger partial charge in [0.25, 0.3) is 5.69 Å². The van der Waals surface area contributed by atoms with E-state index in [9.17, 15) is 10.1 Å². The standard InChI is InChI=1S/C13H9Cl3N2O2/c14-10-4-2-1-3-8(10)7-17-13-11(15)5-9(18(19)20)6-12(13)16/h1-6,17H,7H2. The minimum Gasteiger partial charge on any atom is -0.378 e. The fourth-order valence-electron chi connectivity index (χ4n) is 1.66. The maximum atomic E-state index is 10.7. The zero-order valence-corrected chi connectivity index (χ0v) is 12.3. The van der Waals surface area contributed by atoms with Crippen LogP contribution >= 0.6 is 34.8 Å². The highest BCUT2D eigenvalue weighted by atomic mass is 35.5. The van der Waals surface area contributed by atoms with Crippen LogP contribution in [-0.2, 0) is 6.54 Å². The molecule has 0 aliphatic rings. The molecule has 20 heavy (non-hydrogen) atoms. The summed E-state index contributed by atoms with van der Waals surface area (Å²) in [5, 5.41) is 14.7. The first-order valence-electron chi connectivity index (χ1n) is 5.59. The van der Waals surface area contributed by atoms with Crippen molar-refractivity contribution in [2.24, 2.45) is 0 Å². The van der Waals surface area contributed by atoms with Gasteiger partial charge in [-0.15, -0.1) is 0 Å². The summed E-state index contributed by atoms with van der Waals surface area (Å²) in [6.07, 6.45) is 0. The molecule has 0 saturated carbocycles. The molecule has 0 bridgehead atoms. The van der Waals surface area contributed by atoms with Crippen LogP contribution in [0.4, 0.5) is 11.4 Å². The lowest BCUT2D eigenvalue weighted by molar-refractivity contribution is -0.384. The predicted molar refractivity (Wildman–Crippen MR) is 81.9 cm³/mol. The van der Waals surface area contributed by atoms with E-state index in [-0.39, 0.29) is 15.7 Å². The number of nitro benzene ring substituents is 1. The van der Waals surface area contributed by atoms with Gasteiger partial charge < -0.3 is 5.32 Å². The van der Waals surface area contributed by atoms with Gasteiger partial charge in [0.15, 0.2) is 0 Å². The highest BCUT2D eigenvalue weighted by Crippen LogP contribution is 2.35. The lowest BCUT2D eigenvalue weighted by Crippen LogP contribution is -2.02. The van der Waals surface area contributed by atoms with Gasteiger partial charge in [0.2, 0.25) is 0 Å². The van der Waals surface area contributed by atoms with E-state index in [0.717, 1.165) is 5.56 Å². The van der Waals surface area contributed by atoms with Crippen LogP contribution in [0.5, 0.6) is 0 Å². The summed E-state index contributed by atoms with van der Waals surface area (Å²) in [5.41, 5.74) is 1.17. The first-order chi connectivity index (χ1) is 9.49. The van der Waals surface area contributed by atoms with Crippen molar-refractivity contribution >= 4 is 46.2 Å². The predicted octanol–water partition coefficient (Wildman–Crippen LogP) is 5.17. The molecule has 0 radical (unpaired) electrons. The second kappa shape index (κ2) is 6.31. The SMILES string of the molecule is O=[N+]([O-])c1cc(Cl)c(NCc2ccccc2Cl)c(Cl)c1. The van der Waals surface area contributed by atoms with Crippen molar-refractivity contribution in [3.8, 4) is 0 Å². The number of benzene rings is 2. The van der Waals surface area contributed by atoms with Crippen molar-refractivity contribution in [1.82, 2.24) is 0 Å². The molecule has 0 fully saturated rings. The van der Waals surface area contributed by atoms with Crippen molar-refractivity contribution in [2.45, 2.75) is 6.54 Å². The smallest absolute Gasteiger partial charge is 0.272 e. The Morgan fingerprint density at radius 2 is 1.65 bits per heavy atom. The molecular formula is C13H9Cl3N2O2. The fourth-order valence-corrected chi connectivity index (χ4v) is 2.47. The Kier molecular flexibility index (Phi) is 4.70. The van der Waals surface area contributed by atoms with Gasteiger partial charge in [-0.05, 0) is 11.6 Å².